The molecule has 0 saturated heterocycles. The molecule has 0 spiro atoms. The molecule has 57 heavy (non-hydrogen) atoms. The molecule has 4 heteroatoms. The van der Waals surface area contributed by atoms with Crippen LogP contribution < -0.4 is 0 Å². The fraction of sp³-hybridized carbons (Fsp3) is 0.0377. The average molecular weight is 735 g/mol. The number of rotatable bonds is 9. The van der Waals surface area contributed by atoms with E-state index in [0.717, 1.165) is 62.8 Å². The van der Waals surface area contributed by atoms with Crippen molar-refractivity contribution in [2.24, 2.45) is 4.99 Å². The third kappa shape index (κ3) is 8.02. The van der Waals surface area contributed by atoms with Gasteiger partial charge in [0.05, 0.1) is 17.1 Å². The normalized spacial score (nSPS) is 11.2. The first-order valence-corrected chi connectivity index (χ1v) is 19.2. The maximum Gasteiger partial charge on any atom is 0.160 e. The molecule has 0 amide bonds. The van der Waals surface area contributed by atoms with Crippen LogP contribution in [0.25, 0.3) is 78.1 Å². The predicted octanol–water partition coefficient (Wildman–Crippen LogP) is 13.7. The molecule has 0 aliphatic rings. The Labute approximate surface area is 334 Å². The van der Waals surface area contributed by atoms with E-state index in [0.29, 0.717) is 0 Å². The van der Waals surface area contributed by atoms with Gasteiger partial charge in [-0.1, -0.05) is 164 Å². The number of fused-ring (bicyclic) bond motifs is 3. The van der Waals surface area contributed by atoms with Gasteiger partial charge in [0.1, 0.15) is 0 Å². The van der Waals surface area contributed by atoms with Gasteiger partial charge in [-0.3, -0.25) is 4.99 Å². The van der Waals surface area contributed by atoms with Gasteiger partial charge < -0.3 is 4.57 Å². The van der Waals surface area contributed by atoms with E-state index in [4.69, 9.17) is 9.97 Å². The molecule has 0 aliphatic heterocycles. The zero-order valence-electron chi connectivity index (χ0n) is 32.0. The van der Waals surface area contributed by atoms with Crippen LogP contribution in [-0.4, -0.2) is 21.3 Å². The van der Waals surface area contributed by atoms with Crippen molar-refractivity contribution in [1.82, 2.24) is 14.5 Å². The molecule has 2 aromatic heterocycles. The maximum atomic E-state index is 5.06. The van der Waals surface area contributed by atoms with E-state index in [1.807, 2.05) is 78.9 Å². The van der Waals surface area contributed by atoms with E-state index < -0.39 is 0 Å². The predicted molar refractivity (Wildman–Crippen MR) is 242 cm³/mol. The van der Waals surface area contributed by atoms with E-state index in [1.165, 1.54) is 32.9 Å². The Bertz CT molecular complexity index is 2770. The zero-order chi connectivity index (χ0) is 39.0. The summed E-state index contributed by atoms with van der Waals surface area (Å²) in [5.41, 5.74) is 13.8. The molecule has 0 fully saturated rings. The van der Waals surface area contributed by atoms with Crippen LogP contribution in [-0.2, 0) is 6.54 Å². The molecule has 7 aromatic carbocycles. The lowest BCUT2D eigenvalue weighted by molar-refractivity contribution is 0.827. The monoisotopic (exact) mass is 734 g/mol. The lowest BCUT2D eigenvalue weighted by Crippen LogP contribution is -1.96. The van der Waals surface area contributed by atoms with Crippen LogP contribution in [0.3, 0.4) is 0 Å². The number of nitrogens with zero attached hydrogens (tertiary/aromatic N) is 4. The Kier molecular flexibility index (Phi) is 10.9. The first-order valence-electron chi connectivity index (χ1n) is 19.2. The summed E-state index contributed by atoms with van der Waals surface area (Å²) < 4.78 is 2.39. The number of benzene rings is 7. The van der Waals surface area contributed by atoms with E-state index in [9.17, 15) is 0 Å². The first-order chi connectivity index (χ1) is 28.1. The Hall–Kier alpha value is -7.43. The molecular weight excluding hydrogens is 693 g/mol. The Balaban J connectivity index is 0.000000212. The van der Waals surface area contributed by atoms with Crippen molar-refractivity contribution in [3.63, 3.8) is 0 Å². The Morgan fingerprint density at radius 3 is 1.44 bits per heavy atom. The summed E-state index contributed by atoms with van der Waals surface area (Å²) in [4.78, 5) is 14.2. The number of hydrogen-bond donors (Lipinski definition) is 0. The Morgan fingerprint density at radius 2 is 0.947 bits per heavy atom. The van der Waals surface area contributed by atoms with Gasteiger partial charge in [0.25, 0.3) is 0 Å². The quantitative estimate of drug-likeness (QED) is 0.109. The van der Waals surface area contributed by atoms with Gasteiger partial charge in [0.2, 0.25) is 0 Å². The molecule has 0 aliphatic carbocycles. The summed E-state index contributed by atoms with van der Waals surface area (Å²) in [5.74, 6) is 0.730. The van der Waals surface area contributed by atoms with E-state index in [-0.39, 0.29) is 0 Å². The summed E-state index contributed by atoms with van der Waals surface area (Å²) in [6.07, 6.45) is 1.96. The van der Waals surface area contributed by atoms with Gasteiger partial charge in [-0.15, -0.1) is 0 Å². The van der Waals surface area contributed by atoms with Crippen LogP contribution in [0.2, 0.25) is 0 Å². The van der Waals surface area contributed by atoms with Crippen LogP contribution in [0.1, 0.15) is 18.1 Å². The van der Waals surface area contributed by atoms with Gasteiger partial charge in [0.15, 0.2) is 5.82 Å². The van der Waals surface area contributed by atoms with Crippen molar-refractivity contribution in [2.75, 3.05) is 0 Å². The topological polar surface area (TPSA) is 43.1 Å². The molecule has 2 heterocycles. The van der Waals surface area contributed by atoms with Crippen LogP contribution in [0.15, 0.2) is 212 Å². The molecule has 4 nitrogen and oxygen atoms in total. The molecule has 0 saturated carbocycles. The zero-order valence-corrected chi connectivity index (χ0v) is 32.0. The molecule has 0 radical (unpaired) electrons. The van der Waals surface area contributed by atoms with Crippen LogP contribution in [0, 0.1) is 0 Å². The second kappa shape index (κ2) is 16.9. The van der Waals surface area contributed by atoms with Crippen molar-refractivity contribution in [1.29, 1.82) is 0 Å². The molecule has 9 aromatic rings. The first kappa shape index (κ1) is 36.5. The standard InChI is InChI=1S/C36H27N3.C17H15N/c1-2-39-34-20-18-28(25-12-6-3-7-13-25)22-30(34)31-23-29(19-21-35(31)39)36-37-32(26-14-8-4-9-15-26)24-33(38-36)27-16-10-5-11-17-27;1-14(15-9-5-3-6-10-15)13-17(18-2)16-11-7-4-8-12-16/h3-24H,2H2,1H3;3-13H,1-2H2/b;17-13-. The highest BCUT2D eigenvalue weighted by molar-refractivity contribution is 6.10. The van der Waals surface area contributed by atoms with Gasteiger partial charge in [0, 0.05) is 50.6 Å². The SMILES string of the molecule is C=N/C(=C\C(=C)c1ccccc1)c1ccccc1.CCn1c2ccc(-c3ccccc3)cc2c2cc(-c3nc(-c4ccccc4)cc(-c4ccccc4)n3)ccc21. The molecule has 0 atom stereocenters. The second-order valence-corrected chi connectivity index (χ2v) is 13.7. The molecular formula is C53H42N4. The highest BCUT2D eigenvalue weighted by atomic mass is 15.0. The maximum absolute atomic E-state index is 5.06. The van der Waals surface area contributed by atoms with Crippen molar-refractivity contribution >= 4 is 39.8 Å². The third-order valence-corrected chi connectivity index (χ3v) is 10.1. The molecule has 274 valence electrons. The highest BCUT2D eigenvalue weighted by Gasteiger charge is 2.15. The lowest BCUT2D eigenvalue weighted by Gasteiger charge is -2.10. The van der Waals surface area contributed by atoms with Crippen molar-refractivity contribution < 1.29 is 0 Å². The molecule has 0 unspecified atom stereocenters. The van der Waals surface area contributed by atoms with E-state index in [2.05, 4.69) is 151 Å². The number of aromatic nitrogens is 3. The van der Waals surface area contributed by atoms with Crippen LogP contribution in [0.4, 0.5) is 0 Å². The van der Waals surface area contributed by atoms with Crippen LogP contribution in [0.5, 0.6) is 0 Å². The highest BCUT2D eigenvalue weighted by Crippen LogP contribution is 2.36. The summed E-state index contributed by atoms with van der Waals surface area (Å²) in [7, 11) is 0. The smallest absolute Gasteiger partial charge is 0.160 e. The second-order valence-electron chi connectivity index (χ2n) is 13.7. The minimum atomic E-state index is 0.730. The van der Waals surface area contributed by atoms with Gasteiger partial charge >= 0.3 is 0 Å². The summed E-state index contributed by atoms with van der Waals surface area (Å²) >= 11 is 0. The molecule has 0 N–H and O–H groups in total. The van der Waals surface area contributed by atoms with Crippen molar-refractivity contribution in [3.05, 3.63) is 218 Å². The number of aryl methyl sites for hydroxylation is 1. The van der Waals surface area contributed by atoms with Crippen molar-refractivity contribution in [3.8, 4) is 45.0 Å². The fourth-order valence-electron chi connectivity index (χ4n) is 7.21. The van der Waals surface area contributed by atoms with Gasteiger partial charge in [-0.25, -0.2) is 9.97 Å². The van der Waals surface area contributed by atoms with Gasteiger partial charge in [-0.2, -0.15) is 0 Å². The lowest BCUT2D eigenvalue weighted by atomic mass is 10.0. The summed E-state index contributed by atoms with van der Waals surface area (Å²) in [5, 5.41) is 2.47. The van der Waals surface area contributed by atoms with Gasteiger partial charge in [-0.05, 0) is 78.4 Å². The van der Waals surface area contributed by atoms with E-state index >= 15 is 0 Å². The number of aliphatic imine (C=N–C) groups is 1. The summed E-state index contributed by atoms with van der Waals surface area (Å²) in [6, 6.07) is 66.8. The summed E-state index contributed by atoms with van der Waals surface area (Å²) in [6.45, 7) is 10.8. The molecule has 9 rings (SSSR count). The van der Waals surface area contributed by atoms with E-state index in [1.54, 1.807) is 0 Å². The van der Waals surface area contributed by atoms with Crippen molar-refractivity contribution in [2.45, 2.75) is 13.5 Å². The number of hydrogen-bond acceptors (Lipinski definition) is 3. The van der Waals surface area contributed by atoms with Crippen LogP contribution >= 0.6 is 0 Å². The third-order valence-electron chi connectivity index (χ3n) is 10.1. The number of allylic oxidation sites excluding steroid dienone is 2. The minimum Gasteiger partial charge on any atom is -0.341 e. The molecule has 0 bridgehead atoms. The Morgan fingerprint density at radius 1 is 0.509 bits per heavy atom. The largest absolute Gasteiger partial charge is 0.341 e. The average Bonchev–Trinajstić information content (AvgIpc) is 3.62. The fourth-order valence-corrected chi connectivity index (χ4v) is 7.21. The minimum absolute atomic E-state index is 0.730.